The van der Waals surface area contributed by atoms with Crippen LogP contribution < -0.4 is 5.73 Å². The number of aromatic nitrogens is 2. The Balaban J connectivity index is 1.78. The molecular formula is C14H19N3S. The van der Waals surface area contributed by atoms with Gasteiger partial charge in [-0.3, -0.25) is 0 Å². The highest BCUT2D eigenvalue weighted by atomic mass is 32.2. The first-order valence-electron chi connectivity index (χ1n) is 6.62. The second-order valence-corrected chi connectivity index (χ2v) is 6.62. The van der Waals surface area contributed by atoms with Crippen molar-refractivity contribution in [1.29, 1.82) is 0 Å². The molecule has 3 nitrogen and oxygen atoms in total. The summed E-state index contributed by atoms with van der Waals surface area (Å²) >= 11 is 1.89. The van der Waals surface area contributed by atoms with E-state index in [4.69, 9.17) is 5.73 Å². The number of nitrogen functional groups attached to an aromatic ring is 1. The average Bonchev–Trinajstić information content (AvgIpc) is 2.70. The van der Waals surface area contributed by atoms with E-state index in [1.165, 1.54) is 25.7 Å². The fourth-order valence-corrected chi connectivity index (χ4v) is 4.05. The minimum Gasteiger partial charge on any atom is -0.399 e. The number of aromatic amines is 1. The molecule has 1 aliphatic carbocycles. The fraction of sp³-hybridized carbons (Fsp3) is 0.500. The summed E-state index contributed by atoms with van der Waals surface area (Å²) in [5.41, 5.74) is 8.62. The summed E-state index contributed by atoms with van der Waals surface area (Å²) in [6.07, 6.45) is 5.36. The van der Waals surface area contributed by atoms with Crippen molar-refractivity contribution in [3.05, 3.63) is 18.2 Å². The van der Waals surface area contributed by atoms with E-state index in [9.17, 15) is 0 Å². The molecule has 0 saturated heterocycles. The van der Waals surface area contributed by atoms with Crippen molar-refractivity contribution in [3.63, 3.8) is 0 Å². The van der Waals surface area contributed by atoms with Crippen molar-refractivity contribution in [2.24, 2.45) is 5.92 Å². The molecule has 1 aromatic carbocycles. The van der Waals surface area contributed by atoms with Gasteiger partial charge in [-0.05, 0) is 37.0 Å². The van der Waals surface area contributed by atoms with Crippen LogP contribution in [0.2, 0.25) is 0 Å². The molecule has 96 valence electrons. The van der Waals surface area contributed by atoms with E-state index >= 15 is 0 Å². The van der Waals surface area contributed by atoms with Crippen molar-refractivity contribution in [1.82, 2.24) is 9.97 Å². The number of benzene rings is 1. The first kappa shape index (κ1) is 11.9. The van der Waals surface area contributed by atoms with Crippen LogP contribution >= 0.6 is 11.8 Å². The lowest BCUT2D eigenvalue weighted by Crippen LogP contribution is -2.15. The van der Waals surface area contributed by atoms with Crippen molar-refractivity contribution in [2.75, 3.05) is 5.73 Å². The van der Waals surface area contributed by atoms with Gasteiger partial charge in [0.15, 0.2) is 5.16 Å². The molecule has 0 radical (unpaired) electrons. The van der Waals surface area contributed by atoms with Crippen molar-refractivity contribution in [2.45, 2.75) is 43.0 Å². The maximum Gasteiger partial charge on any atom is 0.166 e. The van der Waals surface area contributed by atoms with Crippen LogP contribution in [0.1, 0.15) is 32.6 Å². The molecule has 0 aliphatic heterocycles. The number of hydrogen-bond acceptors (Lipinski definition) is 3. The van der Waals surface area contributed by atoms with E-state index in [2.05, 4.69) is 16.9 Å². The fourth-order valence-electron chi connectivity index (χ4n) is 2.70. The third kappa shape index (κ3) is 2.48. The van der Waals surface area contributed by atoms with Gasteiger partial charge in [-0.2, -0.15) is 0 Å². The van der Waals surface area contributed by atoms with E-state index in [0.717, 1.165) is 27.8 Å². The molecule has 2 aromatic rings. The first-order valence-corrected chi connectivity index (χ1v) is 7.50. The maximum absolute atomic E-state index is 5.78. The van der Waals surface area contributed by atoms with Gasteiger partial charge in [0, 0.05) is 10.9 Å². The Labute approximate surface area is 112 Å². The molecule has 0 spiro atoms. The predicted molar refractivity (Wildman–Crippen MR) is 77.8 cm³/mol. The molecule has 18 heavy (non-hydrogen) atoms. The first-order chi connectivity index (χ1) is 8.70. The zero-order valence-corrected chi connectivity index (χ0v) is 11.5. The Bertz CT molecular complexity index is 549. The summed E-state index contributed by atoms with van der Waals surface area (Å²) in [6.45, 7) is 2.35. The van der Waals surface area contributed by atoms with Crippen LogP contribution in [-0.2, 0) is 0 Å². The lowest BCUT2D eigenvalue weighted by molar-refractivity contribution is 0.394. The zero-order chi connectivity index (χ0) is 12.5. The molecular weight excluding hydrogens is 242 g/mol. The molecule has 1 saturated carbocycles. The Kier molecular flexibility index (Phi) is 3.20. The third-order valence-electron chi connectivity index (χ3n) is 3.65. The number of imidazole rings is 1. The van der Waals surface area contributed by atoms with Gasteiger partial charge >= 0.3 is 0 Å². The summed E-state index contributed by atoms with van der Waals surface area (Å²) in [5, 5.41) is 1.75. The van der Waals surface area contributed by atoms with Crippen LogP contribution in [0, 0.1) is 5.92 Å². The van der Waals surface area contributed by atoms with Crippen LogP contribution in [0.15, 0.2) is 23.4 Å². The lowest BCUT2D eigenvalue weighted by atomic mass is 9.91. The predicted octanol–water partition coefficient (Wildman–Crippen LogP) is 3.82. The number of nitrogens with one attached hydrogen (secondary N) is 1. The van der Waals surface area contributed by atoms with E-state index in [1.54, 1.807) is 0 Å². The van der Waals surface area contributed by atoms with Crippen LogP contribution in [0.5, 0.6) is 0 Å². The minimum absolute atomic E-state index is 0.714. The molecule has 1 aliphatic rings. The van der Waals surface area contributed by atoms with Crippen LogP contribution in [0.3, 0.4) is 0 Å². The second kappa shape index (κ2) is 4.84. The van der Waals surface area contributed by atoms with Crippen LogP contribution in [-0.4, -0.2) is 15.2 Å². The Morgan fingerprint density at radius 1 is 1.39 bits per heavy atom. The summed E-state index contributed by atoms with van der Waals surface area (Å²) in [6, 6.07) is 5.84. The number of nitrogens with zero attached hydrogens (tertiary/aromatic N) is 1. The highest BCUT2D eigenvalue weighted by molar-refractivity contribution is 7.99. The average molecular weight is 261 g/mol. The number of nitrogens with two attached hydrogens (primary N) is 1. The van der Waals surface area contributed by atoms with E-state index in [0.29, 0.717) is 5.25 Å². The normalized spacial score (nSPS) is 24.5. The van der Waals surface area contributed by atoms with Gasteiger partial charge in [0.25, 0.3) is 0 Å². The molecule has 4 heteroatoms. The third-order valence-corrected chi connectivity index (χ3v) is 4.83. The largest absolute Gasteiger partial charge is 0.399 e. The quantitative estimate of drug-likeness (QED) is 0.808. The van der Waals surface area contributed by atoms with Crippen molar-refractivity contribution >= 4 is 28.5 Å². The highest BCUT2D eigenvalue weighted by Gasteiger charge is 2.20. The molecule has 3 N–H and O–H groups in total. The summed E-state index contributed by atoms with van der Waals surface area (Å²) in [7, 11) is 0. The Morgan fingerprint density at radius 3 is 3.11 bits per heavy atom. The van der Waals surface area contributed by atoms with Crippen molar-refractivity contribution < 1.29 is 0 Å². The molecule has 1 fully saturated rings. The summed E-state index contributed by atoms with van der Waals surface area (Å²) in [4.78, 5) is 8.00. The zero-order valence-electron chi connectivity index (χ0n) is 10.6. The number of H-pyrrole nitrogens is 1. The van der Waals surface area contributed by atoms with Gasteiger partial charge in [-0.25, -0.2) is 4.98 Å². The van der Waals surface area contributed by atoms with Crippen molar-refractivity contribution in [3.8, 4) is 0 Å². The Morgan fingerprint density at radius 2 is 2.28 bits per heavy atom. The minimum atomic E-state index is 0.714. The van der Waals surface area contributed by atoms with Gasteiger partial charge < -0.3 is 10.7 Å². The number of anilines is 1. The lowest BCUT2D eigenvalue weighted by Gasteiger charge is -2.25. The van der Waals surface area contributed by atoms with E-state index < -0.39 is 0 Å². The monoisotopic (exact) mass is 261 g/mol. The standard InChI is InChI=1S/C14H19N3S/c1-9-3-2-4-11(7-9)18-14-16-12-6-5-10(15)8-13(12)17-14/h5-6,8-9,11H,2-4,7,15H2,1H3,(H,16,17). The molecule has 0 amide bonds. The number of rotatable bonds is 2. The van der Waals surface area contributed by atoms with Crippen LogP contribution in [0.4, 0.5) is 5.69 Å². The molecule has 2 atom stereocenters. The molecule has 3 rings (SSSR count). The van der Waals surface area contributed by atoms with Gasteiger partial charge in [-0.1, -0.05) is 31.5 Å². The smallest absolute Gasteiger partial charge is 0.166 e. The SMILES string of the molecule is CC1CCCC(Sc2nc3ccc(N)cc3[nH]2)C1. The second-order valence-electron chi connectivity index (χ2n) is 5.33. The van der Waals surface area contributed by atoms with E-state index in [1.807, 2.05) is 30.0 Å². The topological polar surface area (TPSA) is 54.7 Å². The van der Waals surface area contributed by atoms with Gasteiger partial charge in [0.2, 0.25) is 0 Å². The summed E-state index contributed by atoms with van der Waals surface area (Å²) in [5.74, 6) is 0.858. The van der Waals surface area contributed by atoms with E-state index in [-0.39, 0.29) is 0 Å². The number of fused-ring (bicyclic) bond motifs is 1. The molecule has 2 unspecified atom stereocenters. The highest BCUT2D eigenvalue weighted by Crippen LogP contribution is 2.35. The molecule has 1 aromatic heterocycles. The van der Waals surface area contributed by atoms with Gasteiger partial charge in [0.05, 0.1) is 11.0 Å². The Hall–Kier alpha value is -1.16. The maximum atomic E-state index is 5.78. The molecule has 0 bridgehead atoms. The number of hydrogen-bond donors (Lipinski definition) is 2. The summed E-state index contributed by atoms with van der Waals surface area (Å²) < 4.78 is 0. The van der Waals surface area contributed by atoms with Crippen LogP contribution in [0.25, 0.3) is 11.0 Å². The van der Waals surface area contributed by atoms with Gasteiger partial charge in [-0.15, -0.1) is 0 Å². The number of thioether (sulfide) groups is 1. The molecule has 1 heterocycles. The van der Waals surface area contributed by atoms with Gasteiger partial charge in [0.1, 0.15) is 0 Å².